The monoisotopic (exact) mass is 459 g/mol. The largest absolute Gasteiger partial charge is 0.354 e. The van der Waals surface area contributed by atoms with Crippen LogP contribution in [-0.2, 0) is 0 Å². The highest BCUT2D eigenvalue weighted by Gasteiger charge is 2.26. The molecule has 32 heavy (non-hydrogen) atoms. The molecule has 2 aromatic rings. The molecule has 0 spiro atoms. The number of hydrogen-bond acceptors (Lipinski definition) is 8. The summed E-state index contributed by atoms with van der Waals surface area (Å²) >= 11 is 6.14. The fraction of sp³-hybridized carbons (Fsp3) is 0.476. The Balaban J connectivity index is 1.42. The molecule has 0 aliphatic carbocycles. The number of nitro benzene ring substituents is 1. The number of nitro groups is 1. The first-order chi connectivity index (χ1) is 15.3. The average molecular weight is 460 g/mol. The van der Waals surface area contributed by atoms with Crippen molar-refractivity contribution in [2.75, 3.05) is 69.2 Å². The van der Waals surface area contributed by atoms with E-state index in [1.54, 1.807) is 4.90 Å². The van der Waals surface area contributed by atoms with Gasteiger partial charge >= 0.3 is 0 Å². The van der Waals surface area contributed by atoms with Crippen LogP contribution in [-0.4, -0.2) is 90.0 Å². The van der Waals surface area contributed by atoms with E-state index in [4.69, 9.17) is 16.6 Å². The first-order valence-corrected chi connectivity index (χ1v) is 11.0. The van der Waals surface area contributed by atoms with E-state index in [9.17, 15) is 14.9 Å². The Kier molecular flexibility index (Phi) is 6.43. The van der Waals surface area contributed by atoms with Crippen molar-refractivity contribution in [3.63, 3.8) is 0 Å². The van der Waals surface area contributed by atoms with Crippen molar-refractivity contribution in [2.24, 2.45) is 0 Å². The molecule has 0 N–H and O–H groups in total. The summed E-state index contributed by atoms with van der Waals surface area (Å²) in [7, 11) is 2.12. The van der Waals surface area contributed by atoms with Gasteiger partial charge in [0.1, 0.15) is 5.82 Å². The minimum atomic E-state index is -0.531. The third-order valence-corrected chi connectivity index (χ3v) is 6.21. The highest BCUT2D eigenvalue weighted by Crippen LogP contribution is 2.25. The highest BCUT2D eigenvalue weighted by atomic mass is 35.5. The molecule has 0 atom stereocenters. The predicted octanol–water partition coefficient (Wildman–Crippen LogP) is 2.06. The van der Waals surface area contributed by atoms with E-state index in [1.165, 1.54) is 18.2 Å². The van der Waals surface area contributed by atoms with Gasteiger partial charge in [0.25, 0.3) is 11.6 Å². The Morgan fingerprint density at radius 3 is 2.28 bits per heavy atom. The second kappa shape index (κ2) is 9.25. The molecule has 1 aromatic heterocycles. The van der Waals surface area contributed by atoms with E-state index in [0.29, 0.717) is 32.1 Å². The molecule has 0 bridgehead atoms. The van der Waals surface area contributed by atoms with Crippen molar-refractivity contribution in [1.82, 2.24) is 19.8 Å². The average Bonchev–Trinajstić information content (AvgIpc) is 2.78. The van der Waals surface area contributed by atoms with Crippen LogP contribution in [0.4, 0.5) is 17.5 Å². The Labute approximate surface area is 191 Å². The fourth-order valence-corrected chi connectivity index (χ4v) is 4.20. The lowest BCUT2D eigenvalue weighted by Gasteiger charge is -2.36. The molecule has 4 rings (SSSR count). The van der Waals surface area contributed by atoms with E-state index in [1.807, 2.05) is 13.0 Å². The molecule has 1 aromatic carbocycles. The summed E-state index contributed by atoms with van der Waals surface area (Å²) in [5.74, 6) is 1.39. The zero-order valence-electron chi connectivity index (χ0n) is 18.2. The van der Waals surface area contributed by atoms with Gasteiger partial charge in [0.05, 0.1) is 15.5 Å². The third kappa shape index (κ3) is 4.76. The van der Waals surface area contributed by atoms with E-state index < -0.39 is 4.92 Å². The van der Waals surface area contributed by atoms with Gasteiger partial charge in [0.15, 0.2) is 0 Å². The molecule has 3 heterocycles. The number of benzene rings is 1. The molecule has 0 saturated carbocycles. The minimum Gasteiger partial charge on any atom is -0.354 e. The second-order valence-electron chi connectivity index (χ2n) is 8.16. The summed E-state index contributed by atoms with van der Waals surface area (Å²) in [6.07, 6.45) is 0. The molecular weight excluding hydrogens is 434 g/mol. The number of non-ortho nitro benzene ring substituents is 1. The zero-order valence-corrected chi connectivity index (χ0v) is 19.0. The van der Waals surface area contributed by atoms with Crippen molar-refractivity contribution in [2.45, 2.75) is 6.92 Å². The number of rotatable bonds is 4. The zero-order chi connectivity index (χ0) is 22.8. The number of likely N-dealkylation sites (N-methyl/N-ethyl adjacent to an activating group) is 1. The molecule has 2 aliphatic rings. The van der Waals surface area contributed by atoms with Crippen LogP contribution in [0.2, 0.25) is 5.02 Å². The molecule has 11 heteroatoms. The second-order valence-corrected chi connectivity index (χ2v) is 8.57. The van der Waals surface area contributed by atoms with Gasteiger partial charge in [0.2, 0.25) is 5.95 Å². The Hall–Kier alpha value is -2.98. The number of nitrogens with zero attached hydrogens (tertiary/aromatic N) is 7. The van der Waals surface area contributed by atoms with E-state index in [-0.39, 0.29) is 22.2 Å². The first kappa shape index (κ1) is 22.2. The lowest BCUT2D eigenvalue weighted by atomic mass is 10.1. The minimum absolute atomic E-state index is 0.0884. The van der Waals surface area contributed by atoms with E-state index in [2.05, 4.69) is 26.7 Å². The number of aryl methyl sites for hydroxylation is 1. The van der Waals surface area contributed by atoms with Gasteiger partial charge in [-0.25, -0.2) is 4.98 Å². The molecule has 10 nitrogen and oxygen atoms in total. The maximum atomic E-state index is 12.9. The third-order valence-electron chi connectivity index (χ3n) is 5.90. The van der Waals surface area contributed by atoms with Crippen molar-refractivity contribution in [3.05, 3.63) is 50.7 Å². The lowest BCUT2D eigenvalue weighted by molar-refractivity contribution is -0.384. The van der Waals surface area contributed by atoms with Crippen molar-refractivity contribution < 1.29 is 9.72 Å². The molecule has 2 fully saturated rings. The molecule has 2 aliphatic heterocycles. The van der Waals surface area contributed by atoms with Gasteiger partial charge in [-0.1, -0.05) is 11.6 Å². The predicted molar refractivity (Wildman–Crippen MR) is 123 cm³/mol. The molecule has 0 unspecified atom stereocenters. The molecular formula is C21H26ClN7O3. The van der Waals surface area contributed by atoms with Crippen LogP contribution in [0.3, 0.4) is 0 Å². The number of carbonyl (C=O) groups is 1. The van der Waals surface area contributed by atoms with Crippen LogP contribution >= 0.6 is 11.6 Å². The van der Waals surface area contributed by atoms with Crippen LogP contribution < -0.4 is 9.80 Å². The molecule has 1 amide bonds. The maximum Gasteiger partial charge on any atom is 0.270 e. The molecule has 2 saturated heterocycles. The number of amides is 1. The summed E-state index contributed by atoms with van der Waals surface area (Å²) in [6, 6.07) is 5.95. The van der Waals surface area contributed by atoms with Gasteiger partial charge in [-0.05, 0) is 20.0 Å². The summed E-state index contributed by atoms with van der Waals surface area (Å²) in [5, 5.41) is 11.0. The summed E-state index contributed by atoms with van der Waals surface area (Å²) in [5.41, 5.74) is 1.05. The fourth-order valence-electron chi connectivity index (χ4n) is 3.95. The summed E-state index contributed by atoms with van der Waals surface area (Å²) in [4.78, 5) is 41.1. The number of anilines is 2. The van der Waals surface area contributed by atoms with Gasteiger partial charge < -0.3 is 19.6 Å². The smallest absolute Gasteiger partial charge is 0.270 e. The van der Waals surface area contributed by atoms with E-state index in [0.717, 1.165) is 37.7 Å². The van der Waals surface area contributed by atoms with Crippen LogP contribution in [0, 0.1) is 17.0 Å². The lowest BCUT2D eigenvalue weighted by Crippen LogP contribution is -2.49. The van der Waals surface area contributed by atoms with Crippen LogP contribution in [0.15, 0.2) is 24.3 Å². The number of carbonyl (C=O) groups excluding carboxylic acids is 1. The van der Waals surface area contributed by atoms with E-state index >= 15 is 0 Å². The van der Waals surface area contributed by atoms with Gasteiger partial charge in [-0.2, -0.15) is 4.98 Å². The SMILES string of the molecule is Cc1cc(N2CCN(C)CC2)nc(N2CCN(C(=O)c3ccc([N+](=O)[O-])cc3Cl)CC2)n1. The van der Waals surface area contributed by atoms with Gasteiger partial charge in [-0.15, -0.1) is 0 Å². The standard InChI is InChI=1S/C21H26ClN7O3/c1-15-13-19(26-7-5-25(2)6-8-26)24-21(23-15)28-11-9-27(10-12-28)20(30)17-4-3-16(29(31)32)14-18(17)22/h3-4,13-14H,5-12H2,1-2H3. The number of piperazine rings is 2. The molecule has 0 radical (unpaired) electrons. The van der Waals surface area contributed by atoms with Crippen LogP contribution in [0.25, 0.3) is 0 Å². The van der Waals surface area contributed by atoms with Crippen molar-refractivity contribution in [3.8, 4) is 0 Å². The Morgan fingerprint density at radius 2 is 1.66 bits per heavy atom. The Bertz CT molecular complexity index is 1020. The molecule has 170 valence electrons. The number of halogens is 1. The van der Waals surface area contributed by atoms with Gasteiger partial charge in [0, 0.05) is 76.3 Å². The van der Waals surface area contributed by atoms with Crippen molar-refractivity contribution in [1.29, 1.82) is 0 Å². The number of hydrogen-bond donors (Lipinski definition) is 0. The summed E-state index contributed by atoms with van der Waals surface area (Å²) in [6.45, 7) is 8.04. The van der Waals surface area contributed by atoms with Crippen molar-refractivity contribution >= 4 is 35.0 Å². The topological polar surface area (TPSA) is 99.0 Å². The summed E-state index contributed by atoms with van der Waals surface area (Å²) < 4.78 is 0. The van der Waals surface area contributed by atoms with Gasteiger partial charge in [-0.3, -0.25) is 14.9 Å². The normalized spacial score (nSPS) is 17.5. The Morgan fingerprint density at radius 1 is 1.00 bits per heavy atom. The first-order valence-electron chi connectivity index (χ1n) is 10.6. The highest BCUT2D eigenvalue weighted by molar-refractivity contribution is 6.34. The maximum absolute atomic E-state index is 12.9. The van der Waals surface area contributed by atoms with Crippen LogP contribution in [0.1, 0.15) is 16.1 Å². The quantitative estimate of drug-likeness (QED) is 0.506. The number of aromatic nitrogens is 2. The van der Waals surface area contributed by atoms with Crippen LogP contribution in [0.5, 0.6) is 0 Å².